The zero-order valence-corrected chi connectivity index (χ0v) is 22.7. The van der Waals surface area contributed by atoms with Crippen LogP contribution in [-0.4, -0.2) is 77.9 Å². The number of amides is 1. The largest absolute Gasteiger partial charge is 0.493 e. The topological polar surface area (TPSA) is 97.9 Å². The fourth-order valence-electron chi connectivity index (χ4n) is 4.69. The highest BCUT2D eigenvalue weighted by Crippen LogP contribution is 2.34. The van der Waals surface area contributed by atoms with Crippen molar-refractivity contribution in [2.75, 3.05) is 58.0 Å². The van der Waals surface area contributed by atoms with E-state index < -0.39 is 10.0 Å². The number of benzene rings is 3. The molecule has 1 fully saturated rings. The molecule has 0 N–H and O–H groups in total. The lowest BCUT2D eigenvalue weighted by atomic mass is 10.1. The Bertz CT molecular complexity index is 1420. The van der Waals surface area contributed by atoms with Gasteiger partial charge in [0.15, 0.2) is 23.0 Å². The highest BCUT2D eigenvalue weighted by Gasteiger charge is 2.31. The van der Waals surface area contributed by atoms with Gasteiger partial charge in [-0.2, -0.15) is 0 Å². The van der Waals surface area contributed by atoms with E-state index in [2.05, 4.69) is 4.90 Å². The first kappa shape index (κ1) is 26.6. The smallest absolute Gasteiger partial charge is 0.264 e. The van der Waals surface area contributed by atoms with E-state index in [0.717, 1.165) is 27.9 Å². The molecule has 1 saturated heterocycles. The number of anilines is 1. The van der Waals surface area contributed by atoms with Crippen LogP contribution in [0.2, 0.25) is 0 Å². The predicted molar refractivity (Wildman–Crippen MR) is 145 cm³/mol. The van der Waals surface area contributed by atoms with Gasteiger partial charge in [0.2, 0.25) is 12.7 Å². The Hall–Kier alpha value is -3.96. The molecular formula is C28H31N3O7S. The summed E-state index contributed by atoms with van der Waals surface area (Å²) >= 11 is 0. The number of methoxy groups -OCH3 is 2. The number of piperazine rings is 1. The molecule has 2 aliphatic rings. The Morgan fingerprint density at radius 3 is 2.31 bits per heavy atom. The Morgan fingerprint density at radius 1 is 0.872 bits per heavy atom. The van der Waals surface area contributed by atoms with E-state index in [4.69, 9.17) is 18.9 Å². The highest BCUT2D eigenvalue weighted by molar-refractivity contribution is 7.92. The first-order chi connectivity index (χ1) is 18.9. The standard InChI is InChI=1S/C28H31N3O7S/c1-35-24-11-9-23(17-26(24)36-2)39(33,34)31(22-6-4-3-5-7-22)19-28(32)30-14-12-29(13-15-30)18-21-8-10-25-27(16-21)38-20-37-25/h3-11,16-17H,12-15,18-20H2,1-2H3. The summed E-state index contributed by atoms with van der Waals surface area (Å²) in [5.74, 6) is 1.94. The molecule has 206 valence electrons. The SMILES string of the molecule is COc1ccc(S(=O)(=O)N(CC(=O)N2CCN(Cc3ccc4c(c3)OCO4)CC2)c2ccccc2)cc1OC. The van der Waals surface area contributed by atoms with Crippen molar-refractivity contribution in [3.8, 4) is 23.0 Å². The number of fused-ring (bicyclic) bond motifs is 1. The quantitative estimate of drug-likeness (QED) is 0.399. The van der Waals surface area contributed by atoms with Gasteiger partial charge in [0.25, 0.3) is 10.0 Å². The second-order valence-corrected chi connectivity index (χ2v) is 11.1. The average molecular weight is 554 g/mol. The van der Waals surface area contributed by atoms with Gasteiger partial charge in [-0.3, -0.25) is 14.0 Å². The molecule has 0 atom stereocenters. The molecule has 0 aromatic heterocycles. The van der Waals surface area contributed by atoms with Gasteiger partial charge in [0.05, 0.1) is 24.8 Å². The summed E-state index contributed by atoms with van der Waals surface area (Å²) in [6.45, 7) is 3.00. The maximum atomic E-state index is 13.8. The second kappa shape index (κ2) is 11.4. The summed E-state index contributed by atoms with van der Waals surface area (Å²) < 4.78 is 50.1. The molecule has 2 heterocycles. The fraction of sp³-hybridized carbons (Fsp3) is 0.321. The fourth-order valence-corrected chi connectivity index (χ4v) is 6.12. The number of hydrogen-bond acceptors (Lipinski definition) is 8. The van der Waals surface area contributed by atoms with E-state index in [1.165, 1.54) is 32.4 Å². The Morgan fingerprint density at radius 2 is 1.59 bits per heavy atom. The number of carbonyl (C=O) groups excluding carboxylic acids is 1. The van der Waals surface area contributed by atoms with Crippen LogP contribution in [-0.2, 0) is 21.4 Å². The number of rotatable bonds is 9. The van der Waals surface area contributed by atoms with Crippen molar-refractivity contribution in [1.82, 2.24) is 9.80 Å². The minimum Gasteiger partial charge on any atom is -0.493 e. The molecule has 3 aromatic carbocycles. The molecule has 0 radical (unpaired) electrons. The van der Waals surface area contributed by atoms with Gasteiger partial charge in [-0.05, 0) is 42.0 Å². The summed E-state index contributed by atoms with van der Waals surface area (Å²) in [4.78, 5) is 17.4. The molecular weight excluding hydrogens is 522 g/mol. The van der Waals surface area contributed by atoms with Crippen LogP contribution in [0.25, 0.3) is 0 Å². The Kier molecular flexibility index (Phi) is 7.80. The van der Waals surface area contributed by atoms with Crippen LogP contribution in [0.4, 0.5) is 5.69 Å². The summed E-state index contributed by atoms with van der Waals surface area (Å²) in [5, 5.41) is 0. The summed E-state index contributed by atoms with van der Waals surface area (Å²) in [7, 11) is -1.16. The third-order valence-corrected chi connectivity index (χ3v) is 8.60. The molecule has 0 bridgehead atoms. The zero-order chi connectivity index (χ0) is 27.4. The van der Waals surface area contributed by atoms with Crippen LogP contribution >= 0.6 is 0 Å². The minimum absolute atomic E-state index is 0.00495. The van der Waals surface area contributed by atoms with Crippen LogP contribution in [0.1, 0.15) is 5.56 Å². The molecule has 2 aliphatic heterocycles. The molecule has 5 rings (SSSR count). The van der Waals surface area contributed by atoms with Gasteiger partial charge in [-0.25, -0.2) is 8.42 Å². The van der Waals surface area contributed by atoms with Gasteiger partial charge in [-0.1, -0.05) is 24.3 Å². The van der Waals surface area contributed by atoms with Crippen molar-refractivity contribution in [3.63, 3.8) is 0 Å². The van der Waals surface area contributed by atoms with Crippen molar-refractivity contribution in [1.29, 1.82) is 0 Å². The van der Waals surface area contributed by atoms with Crippen molar-refractivity contribution < 1.29 is 32.2 Å². The van der Waals surface area contributed by atoms with Crippen LogP contribution in [0.15, 0.2) is 71.6 Å². The molecule has 1 amide bonds. The van der Waals surface area contributed by atoms with Gasteiger partial charge in [0, 0.05) is 38.8 Å². The van der Waals surface area contributed by atoms with Crippen molar-refractivity contribution in [2.45, 2.75) is 11.4 Å². The van der Waals surface area contributed by atoms with Crippen molar-refractivity contribution in [2.24, 2.45) is 0 Å². The third kappa shape index (κ3) is 5.74. The Balaban J connectivity index is 1.28. The van der Waals surface area contributed by atoms with Gasteiger partial charge >= 0.3 is 0 Å². The summed E-state index contributed by atoms with van der Waals surface area (Å²) in [6.07, 6.45) is 0. The number of para-hydroxylation sites is 1. The van der Waals surface area contributed by atoms with Crippen molar-refractivity contribution in [3.05, 3.63) is 72.3 Å². The average Bonchev–Trinajstić information content (AvgIpc) is 3.44. The second-order valence-electron chi connectivity index (χ2n) is 9.21. The number of nitrogens with zero attached hydrogens (tertiary/aromatic N) is 3. The van der Waals surface area contributed by atoms with Gasteiger partial charge in [0.1, 0.15) is 6.54 Å². The number of ether oxygens (including phenoxy) is 4. The third-order valence-electron chi connectivity index (χ3n) is 6.83. The molecule has 0 saturated carbocycles. The molecule has 0 spiro atoms. The van der Waals surface area contributed by atoms with E-state index in [1.807, 2.05) is 18.2 Å². The normalized spacial score (nSPS) is 15.2. The van der Waals surface area contributed by atoms with Gasteiger partial charge < -0.3 is 23.8 Å². The van der Waals surface area contributed by atoms with Crippen molar-refractivity contribution >= 4 is 21.6 Å². The lowest BCUT2D eigenvalue weighted by molar-refractivity contribution is -0.131. The molecule has 0 aliphatic carbocycles. The first-order valence-electron chi connectivity index (χ1n) is 12.6. The number of sulfonamides is 1. The molecule has 3 aromatic rings. The van der Waals surface area contributed by atoms with E-state index in [1.54, 1.807) is 35.2 Å². The van der Waals surface area contributed by atoms with Crippen LogP contribution in [0.3, 0.4) is 0 Å². The van der Waals surface area contributed by atoms with E-state index in [-0.39, 0.29) is 29.9 Å². The predicted octanol–water partition coefficient (Wildman–Crippen LogP) is 2.97. The van der Waals surface area contributed by atoms with Crippen LogP contribution in [0.5, 0.6) is 23.0 Å². The molecule has 11 heteroatoms. The van der Waals surface area contributed by atoms with Gasteiger partial charge in [-0.15, -0.1) is 0 Å². The van der Waals surface area contributed by atoms with Crippen LogP contribution in [0, 0.1) is 0 Å². The van der Waals surface area contributed by atoms with E-state index in [0.29, 0.717) is 37.6 Å². The highest BCUT2D eigenvalue weighted by atomic mass is 32.2. The summed E-state index contributed by atoms with van der Waals surface area (Å²) in [5.41, 5.74) is 1.51. The molecule has 10 nitrogen and oxygen atoms in total. The zero-order valence-electron chi connectivity index (χ0n) is 21.9. The summed E-state index contributed by atoms with van der Waals surface area (Å²) in [6, 6.07) is 18.9. The van der Waals surface area contributed by atoms with Crippen LogP contribution < -0.4 is 23.3 Å². The molecule has 39 heavy (non-hydrogen) atoms. The lowest BCUT2D eigenvalue weighted by Gasteiger charge is -2.36. The maximum Gasteiger partial charge on any atom is 0.264 e. The minimum atomic E-state index is -4.08. The Labute approximate surface area is 228 Å². The molecule has 0 unspecified atom stereocenters. The lowest BCUT2D eigenvalue weighted by Crippen LogP contribution is -2.51. The monoisotopic (exact) mass is 553 g/mol. The first-order valence-corrected chi connectivity index (χ1v) is 14.0. The number of hydrogen-bond donors (Lipinski definition) is 0. The van der Waals surface area contributed by atoms with E-state index in [9.17, 15) is 13.2 Å². The maximum absolute atomic E-state index is 13.8. The van der Waals surface area contributed by atoms with E-state index >= 15 is 0 Å². The number of carbonyl (C=O) groups is 1.